The molecule has 1 aromatic carbocycles. The minimum atomic E-state index is -0.506. The molecule has 0 radical (unpaired) electrons. The third kappa shape index (κ3) is 3.73. The number of carbonyl (C=O) groups is 1. The van der Waals surface area contributed by atoms with Crippen molar-refractivity contribution in [1.82, 2.24) is 4.90 Å². The van der Waals surface area contributed by atoms with Crippen molar-refractivity contribution in [3.8, 4) is 5.75 Å². The Morgan fingerprint density at radius 1 is 1.43 bits per heavy atom. The van der Waals surface area contributed by atoms with E-state index in [4.69, 9.17) is 10.5 Å². The molecule has 0 unspecified atom stereocenters. The number of methoxy groups -OCH3 is 1. The zero-order chi connectivity index (χ0) is 15.2. The minimum Gasteiger partial charge on any atom is -0.494 e. The molecule has 0 aromatic heterocycles. The largest absolute Gasteiger partial charge is 0.494 e. The van der Waals surface area contributed by atoms with Gasteiger partial charge < -0.3 is 15.4 Å². The van der Waals surface area contributed by atoms with Gasteiger partial charge in [-0.1, -0.05) is 12.8 Å². The zero-order valence-corrected chi connectivity index (χ0v) is 12.5. The summed E-state index contributed by atoms with van der Waals surface area (Å²) in [6.45, 7) is 1.18. The lowest BCUT2D eigenvalue weighted by atomic mass is 10.1. The molecule has 1 fully saturated rings. The predicted molar refractivity (Wildman–Crippen MR) is 79.9 cm³/mol. The van der Waals surface area contributed by atoms with E-state index in [9.17, 15) is 9.18 Å². The maximum Gasteiger partial charge on any atom is 0.254 e. The maximum absolute atomic E-state index is 13.8. The molecule has 21 heavy (non-hydrogen) atoms. The van der Waals surface area contributed by atoms with Gasteiger partial charge >= 0.3 is 0 Å². The number of hydrogen-bond acceptors (Lipinski definition) is 3. The smallest absolute Gasteiger partial charge is 0.254 e. The van der Waals surface area contributed by atoms with E-state index in [0.29, 0.717) is 18.7 Å². The molecule has 0 saturated heterocycles. The molecule has 2 rings (SSSR count). The Morgan fingerprint density at radius 2 is 2.14 bits per heavy atom. The number of halogens is 1. The van der Waals surface area contributed by atoms with Crippen LogP contribution in [0.2, 0.25) is 0 Å². The van der Waals surface area contributed by atoms with E-state index in [1.807, 2.05) is 4.90 Å². The van der Waals surface area contributed by atoms with E-state index in [2.05, 4.69) is 0 Å². The van der Waals surface area contributed by atoms with Crippen LogP contribution in [0.1, 0.15) is 42.5 Å². The molecule has 0 bridgehead atoms. The first-order valence-corrected chi connectivity index (χ1v) is 7.52. The second-order valence-electron chi connectivity index (χ2n) is 5.43. The summed E-state index contributed by atoms with van der Waals surface area (Å²) in [5.74, 6) is -0.466. The van der Waals surface area contributed by atoms with Crippen molar-refractivity contribution in [3.05, 3.63) is 29.6 Å². The van der Waals surface area contributed by atoms with Gasteiger partial charge in [-0.05, 0) is 44.0 Å². The summed E-state index contributed by atoms with van der Waals surface area (Å²) in [4.78, 5) is 14.5. The molecule has 1 aliphatic carbocycles. The molecule has 5 heteroatoms. The third-order valence-corrected chi connectivity index (χ3v) is 4.03. The van der Waals surface area contributed by atoms with Gasteiger partial charge in [-0.3, -0.25) is 4.79 Å². The number of amides is 1. The highest BCUT2D eigenvalue weighted by Gasteiger charge is 2.27. The number of hydrogen-bond donors (Lipinski definition) is 1. The Balaban J connectivity index is 2.18. The number of ether oxygens (including phenoxy) is 1. The van der Waals surface area contributed by atoms with E-state index in [-0.39, 0.29) is 17.7 Å². The summed E-state index contributed by atoms with van der Waals surface area (Å²) < 4.78 is 18.7. The Morgan fingerprint density at radius 3 is 2.71 bits per heavy atom. The van der Waals surface area contributed by atoms with Gasteiger partial charge in [0.05, 0.1) is 7.11 Å². The molecule has 0 atom stereocenters. The van der Waals surface area contributed by atoms with Gasteiger partial charge in [-0.15, -0.1) is 0 Å². The second kappa shape index (κ2) is 7.41. The highest BCUT2D eigenvalue weighted by Crippen LogP contribution is 2.26. The fraction of sp³-hybridized carbons (Fsp3) is 0.562. The standard InChI is InChI=1S/C16H23FN2O2/c1-21-15-8-7-12(11-14(15)17)16(20)19(10-4-9-18)13-5-2-3-6-13/h7-8,11,13H,2-6,9-10,18H2,1H3. The Labute approximate surface area is 125 Å². The van der Waals surface area contributed by atoms with Gasteiger partial charge in [0.1, 0.15) is 0 Å². The molecule has 1 amide bonds. The summed E-state index contributed by atoms with van der Waals surface area (Å²) in [7, 11) is 1.41. The number of rotatable bonds is 6. The number of carbonyl (C=O) groups excluding carboxylic acids is 1. The lowest BCUT2D eigenvalue weighted by Gasteiger charge is -2.29. The van der Waals surface area contributed by atoms with Crippen molar-refractivity contribution in [2.75, 3.05) is 20.2 Å². The molecule has 2 N–H and O–H groups in total. The van der Waals surface area contributed by atoms with Gasteiger partial charge in [0.2, 0.25) is 0 Å². The van der Waals surface area contributed by atoms with Gasteiger partial charge in [-0.25, -0.2) is 4.39 Å². The molecule has 0 heterocycles. The molecule has 0 spiro atoms. The first kappa shape index (κ1) is 15.8. The van der Waals surface area contributed by atoms with Crippen molar-refractivity contribution in [2.45, 2.75) is 38.1 Å². The van der Waals surface area contributed by atoms with Crippen molar-refractivity contribution in [3.63, 3.8) is 0 Å². The van der Waals surface area contributed by atoms with Crippen LogP contribution in [0, 0.1) is 5.82 Å². The van der Waals surface area contributed by atoms with Gasteiger partial charge in [0.15, 0.2) is 11.6 Å². The maximum atomic E-state index is 13.8. The minimum absolute atomic E-state index is 0.114. The van der Waals surface area contributed by atoms with Gasteiger partial charge in [-0.2, -0.15) is 0 Å². The Bertz CT molecular complexity index is 487. The topological polar surface area (TPSA) is 55.6 Å². The molecular formula is C16H23FN2O2. The van der Waals surface area contributed by atoms with Gasteiger partial charge in [0, 0.05) is 18.2 Å². The summed E-state index contributed by atoms with van der Waals surface area (Å²) in [5, 5.41) is 0. The Kier molecular flexibility index (Phi) is 5.56. The van der Waals surface area contributed by atoms with Crippen molar-refractivity contribution < 1.29 is 13.9 Å². The first-order chi connectivity index (χ1) is 10.2. The van der Waals surface area contributed by atoms with Crippen LogP contribution in [0.3, 0.4) is 0 Å². The van der Waals surface area contributed by atoms with Crippen LogP contribution < -0.4 is 10.5 Å². The van der Waals surface area contributed by atoms with Crippen LogP contribution in [0.15, 0.2) is 18.2 Å². The van der Waals surface area contributed by atoms with E-state index in [1.54, 1.807) is 6.07 Å². The van der Waals surface area contributed by atoms with E-state index in [0.717, 1.165) is 32.1 Å². The van der Waals surface area contributed by atoms with E-state index in [1.165, 1.54) is 19.2 Å². The highest BCUT2D eigenvalue weighted by atomic mass is 19.1. The third-order valence-electron chi connectivity index (χ3n) is 4.03. The average Bonchev–Trinajstić information content (AvgIpc) is 3.01. The van der Waals surface area contributed by atoms with Crippen LogP contribution in [0.4, 0.5) is 4.39 Å². The predicted octanol–water partition coefficient (Wildman–Crippen LogP) is 2.57. The lowest BCUT2D eigenvalue weighted by molar-refractivity contribution is 0.0680. The van der Waals surface area contributed by atoms with E-state index < -0.39 is 5.82 Å². The SMILES string of the molecule is COc1ccc(C(=O)N(CCCN)C2CCCC2)cc1F. The molecule has 1 aromatic rings. The normalized spacial score (nSPS) is 15.2. The van der Waals surface area contributed by atoms with Crippen LogP contribution in [0.25, 0.3) is 0 Å². The lowest BCUT2D eigenvalue weighted by Crippen LogP contribution is -2.40. The fourth-order valence-corrected chi connectivity index (χ4v) is 2.89. The highest BCUT2D eigenvalue weighted by molar-refractivity contribution is 5.94. The van der Waals surface area contributed by atoms with E-state index >= 15 is 0 Å². The molecule has 0 aliphatic heterocycles. The van der Waals surface area contributed by atoms with Crippen molar-refractivity contribution in [1.29, 1.82) is 0 Å². The molecule has 4 nitrogen and oxygen atoms in total. The summed E-state index contributed by atoms with van der Waals surface area (Å²) in [5.41, 5.74) is 5.93. The van der Waals surface area contributed by atoms with Crippen LogP contribution in [0.5, 0.6) is 5.75 Å². The van der Waals surface area contributed by atoms with Crippen LogP contribution >= 0.6 is 0 Å². The molecule has 1 saturated carbocycles. The zero-order valence-electron chi connectivity index (χ0n) is 12.5. The fourth-order valence-electron chi connectivity index (χ4n) is 2.89. The average molecular weight is 294 g/mol. The second-order valence-corrected chi connectivity index (χ2v) is 5.43. The first-order valence-electron chi connectivity index (χ1n) is 7.52. The monoisotopic (exact) mass is 294 g/mol. The van der Waals surface area contributed by atoms with Crippen molar-refractivity contribution >= 4 is 5.91 Å². The van der Waals surface area contributed by atoms with Crippen LogP contribution in [-0.4, -0.2) is 37.0 Å². The molecule has 116 valence electrons. The summed E-state index contributed by atoms with van der Waals surface area (Å²) in [6, 6.07) is 4.63. The quantitative estimate of drug-likeness (QED) is 0.877. The number of benzene rings is 1. The summed E-state index contributed by atoms with van der Waals surface area (Å²) >= 11 is 0. The summed E-state index contributed by atoms with van der Waals surface area (Å²) in [6.07, 6.45) is 5.10. The molecule has 1 aliphatic rings. The van der Waals surface area contributed by atoms with Crippen molar-refractivity contribution in [2.24, 2.45) is 5.73 Å². The number of nitrogens with two attached hydrogens (primary N) is 1. The van der Waals surface area contributed by atoms with Gasteiger partial charge in [0.25, 0.3) is 5.91 Å². The Hall–Kier alpha value is -1.62. The van der Waals surface area contributed by atoms with Crippen LogP contribution in [-0.2, 0) is 0 Å². The number of nitrogens with zero attached hydrogens (tertiary/aromatic N) is 1. The molecular weight excluding hydrogens is 271 g/mol.